The van der Waals surface area contributed by atoms with Gasteiger partial charge in [-0.15, -0.1) is 0 Å². The fraction of sp³-hybridized carbons (Fsp3) is 0.0625. The number of aryl methyl sites for hydroxylation is 1. The maximum Gasteiger partial charge on any atom is 0.269 e. The van der Waals surface area contributed by atoms with E-state index in [2.05, 4.69) is 9.82 Å². The predicted octanol–water partition coefficient (Wildman–Crippen LogP) is 3.68. The first-order chi connectivity index (χ1) is 12.7. The molecule has 140 valence electrons. The first-order valence-corrected chi connectivity index (χ1v) is 9.33. The molecule has 0 aliphatic heterocycles. The summed E-state index contributed by atoms with van der Waals surface area (Å²) >= 11 is 5.65. The summed E-state index contributed by atoms with van der Waals surface area (Å²) in [5, 5.41) is 14.6. The van der Waals surface area contributed by atoms with Crippen molar-refractivity contribution >= 4 is 33.1 Å². The summed E-state index contributed by atoms with van der Waals surface area (Å²) in [6.07, 6.45) is 0. The largest absolute Gasteiger partial charge is 0.269 e. The molecule has 0 bridgehead atoms. The van der Waals surface area contributed by atoms with Crippen molar-refractivity contribution in [3.05, 3.63) is 75.2 Å². The molecule has 2 aromatic carbocycles. The van der Waals surface area contributed by atoms with Gasteiger partial charge in [-0.05, 0) is 37.3 Å². The van der Waals surface area contributed by atoms with Gasteiger partial charge in [0.15, 0.2) is 0 Å². The van der Waals surface area contributed by atoms with Crippen LogP contribution in [0.15, 0.2) is 53.4 Å². The van der Waals surface area contributed by atoms with Crippen LogP contribution in [0.5, 0.6) is 0 Å². The van der Waals surface area contributed by atoms with Crippen LogP contribution in [-0.2, 0) is 10.0 Å². The smallest absolute Gasteiger partial charge is 0.263 e. The van der Waals surface area contributed by atoms with Crippen LogP contribution in [0.1, 0.15) is 5.69 Å². The average Bonchev–Trinajstić information content (AvgIpc) is 2.96. The van der Waals surface area contributed by atoms with Crippen LogP contribution < -0.4 is 4.72 Å². The third kappa shape index (κ3) is 3.91. The minimum atomic E-state index is -4.06. The number of non-ortho nitro benzene ring substituents is 1. The summed E-state index contributed by atoms with van der Waals surface area (Å²) in [5.41, 5.74) is 0.831. The molecule has 1 heterocycles. The maximum absolute atomic E-state index is 13.3. The number of rotatable bonds is 5. The van der Waals surface area contributed by atoms with Crippen molar-refractivity contribution in [2.24, 2.45) is 0 Å². The van der Waals surface area contributed by atoms with Gasteiger partial charge in [0.1, 0.15) is 11.6 Å². The van der Waals surface area contributed by atoms with Crippen LogP contribution in [0.4, 0.5) is 15.9 Å². The number of sulfonamides is 1. The lowest BCUT2D eigenvalue weighted by atomic mass is 10.3. The fourth-order valence-corrected chi connectivity index (χ4v) is 3.63. The first-order valence-electron chi connectivity index (χ1n) is 7.47. The Morgan fingerprint density at radius 1 is 1.19 bits per heavy atom. The van der Waals surface area contributed by atoms with E-state index in [1.54, 1.807) is 6.92 Å². The Hall–Kier alpha value is -2.98. The third-order valence-corrected chi connectivity index (χ3v) is 5.22. The van der Waals surface area contributed by atoms with E-state index in [0.717, 1.165) is 18.2 Å². The van der Waals surface area contributed by atoms with Gasteiger partial charge in [-0.25, -0.2) is 17.5 Å². The van der Waals surface area contributed by atoms with Gasteiger partial charge in [-0.1, -0.05) is 11.6 Å². The second-order valence-corrected chi connectivity index (χ2v) is 7.63. The average molecular weight is 411 g/mol. The minimum Gasteiger partial charge on any atom is -0.263 e. The highest BCUT2D eigenvalue weighted by atomic mass is 35.5. The number of nitro groups is 1. The Bertz CT molecular complexity index is 1130. The molecule has 0 saturated heterocycles. The van der Waals surface area contributed by atoms with Crippen molar-refractivity contribution in [3.8, 4) is 5.69 Å². The normalized spacial score (nSPS) is 11.4. The summed E-state index contributed by atoms with van der Waals surface area (Å²) in [7, 11) is -4.06. The summed E-state index contributed by atoms with van der Waals surface area (Å²) in [5.74, 6) is -0.621. The lowest BCUT2D eigenvalue weighted by molar-refractivity contribution is -0.384. The predicted molar refractivity (Wildman–Crippen MR) is 97.2 cm³/mol. The maximum atomic E-state index is 13.3. The zero-order valence-corrected chi connectivity index (χ0v) is 15.3. The van der Waals surface area contributed by atoms with Gasteiger partial charge in [0.05, 0.1) is 26.2 Å². The molecule has 0 saturated carbocycles. The molecule has 3 rings (SSSR count). The van der Waals surface area contributed by atoms with Crippen LogP contribution in [0, 0.1) is 22.9 Å². The van der Waals surface area contributed by atoms with Crippen LogP contribution in [0.3, 0.4) is 0 Å². The van der Waals surface area contributed by atoms with Gasteiger partial charge in [0, 0.05) is 18.2 Å². The lowest BCUT2D eigenvalue weighted by Crippen LogP contribution is -2.16. The van der Waals surface area contributed by atoms with Crippen molar-refractivity contribution in [2.75, 3.05) is 4.72 Å². The minimum absolute atomic E-state index is 0.106. The number of hydrogen-bond acceptors (Lipinski definition) is 5. The lowest BCUT2D eigenvalue weighted by Gasteiger charge is -2.11. The Kier molecular flexibility index (Phi) is 4.85. The van der Waals surface area contributed by atoms with E-state index < -0.39 is 20.8 Å². The van der Waals surface area contributed by atoms with Crippen LogP contribution in [0.2, 0.25) is 5.02 Å². The van der Waals surface area contributed by atoms with E-state index in [0.29, 0.717) is 11.4 Å². The number of nitrogens with zero attached hydrogens (tertiary/aromatic N) is 3. The second kappa shape index (κ2) is 6.97. The Morgan fingerprint density at radius 3 is 2.44 bits per heavy atom. The van der Waals surface area contributed by atoms with Crippen molar-refractivity contribution in [2.45, 2.75) is 11.8 Å². The summed E-state index contributed by atoms with van der Waals surface area (Å²) < 4.78 is 42.1. The molecule has 0 radical (unpaired) electrons. The monoisotopic (exact) mass is 410 g/mol. The summed E-state index contributed by atoms with van der Waals surface area (Å²) in [6.45, 7) is 1.66. The highest BCUT2D eigenvalue weighted by molar-refractivity contribution is 7.92. The van der Waals surface area contributed by atoms with Gasteiger partial charge in [0.2, 0.25) is 0 Å². The first kappa shape index (κ1) is 18.8. The molecule has 1 aromatic heterocycles. The summed E-state index contributed by atoms with van der Waals surface area (Å²) in [6, 6.07) is 9.98. The number of nitrogens with one attached hydrogen (secondary N) is 1. The number of anilines is 1. The third-order valence-electron chi connectivity index (χ3n) is 3.58. The number of hydrogen-bond donors (Lipinski definition) is 1. The molecule has 0 unspecified atom stereocenters. The van der Waals surface area contributed by atoms with Gasteiger partial charge < -0.3 is 0 Å². The summed E-state index contributed by atoms with van der Waals surface area (Å²) in [4.78, 5) is 10.0. The van der Waals surface area contributed by atoms with Gasteiger partial charge in [-0.3, -0.25) is 14.8 Å². The zero-order valence-electron chi connectivity index (χ0n) is 13.8. The van der Waals surface area contributed by atoms with Crippen molar-refractivity contribution < 1.29 is 17.7 Å². The number of aromatic nitrogens is 2. The quantitative estimate of drug-likeness (QED) is 0.510. The highest BCUT2D eigenvalue weighted by Crippen LogP contribution is 2.24. The molecular weight excluding hydrogens is 399 g/mol. The van der Waals surface area contributed by atoms with Crippen LogP contribution in [0.25, 0.3) is 5.69 Å². The molecule has 27 heavy (non-hydrogen) atoms. The standard InChI is InChI=1S/C16H12ClFN4O4S/c1-10-8-16(20-27(25,26)13-6-7-15(18)14(17)9-13)21(19-10)11-2-4-12(5-3-11)22(23)24/h2-9,20H,1H3. The van der Waals surface area contributed by atoms with E-state index in [4.69, 9.17) is 11.6 Å². The van der Waals surface area contributed by atoms with E-state index in [-0.39, 0.29) is 21.4 Å². The number of nitro benzene ring substituents is 1. The number of benzene rings is 2. The molecule has 3 aromatic rings. The van der Waals surface area contributed by atoms with E-state index >= 15 is 0 Å². The SMILES string of the molecule is Cc1cc(NS(=O)(=O)c2ccc(F)c(Cl)c2)n(-c2ccc([N+](=O)[O-])cc2)n1. The molecule has 8 nitrogen and oxygen atoms in total. The van der Waals surface area contributed by atoms with Crippen LogP contribution in [-0.4, -0.2) is 23.1 Å². The van der Waals surface area contributed by atoms with Crippen molar-refractivity contribution in [3.63, 3.8) is 0 Å². The molecule has 0 aliphatic carbocycles. The molecule has 11 heteroatoms. The molecule has 0 fully saturated rings. The van der Waals surface area contributed by atoms with Gasteiger partial charge in [0.25, 0.3) is 15.7 Å². The molecular formula is C16H12ClFN4O4S. The zero-order chi connectivity index (χ0) is 19.8. The van der Waals surface area contributed by atoms with Crippen molar-refractivity contribution in [1.82, 2.24) is 9.78 Å². The number of halogens is 2. The highest BCUT2D eigenvalue weighted by Gasteiger charge is 2.19. The molecule has 0 amide bonds. The van der Waals surface area contributed by atoms with E-state index in [9.17, 15) is 22.9 Å². The topological polar surface area (TPSA) is 107 Å². The molecule has 0 aliphatic rings. The Balaban J connectivity index is 1.98. The molecule has 1 N–H and O–H groups in total. The van der Waals surface area contributed by atoms with Crippen molar-refractivity contribution in [1.29, 1.82) is 0 Å². The van der Waals surface area contributed by atoms with E-state index in [1.807, 2.05) is 0 Å². The van der Waals surface area contributed by atoms with Gasteiger partial charge >= 0.3 is 0 Å². The molecule has 0 spiro atoms. The molecule has 0 atom stereocenters. The Labute approximate surface area is 158 Å². The van der Waals surface area contributed by atoms with Crippen LogP contribution >= 0.6 is 11.6 Å². The van der Waals surface area contributed by atoms with E-state index in [1.165, 1.54) is 35.0 Å². The second-order valence-electron chi connectivity index (χ2n) is 5.54. The fourth-order valence-electron chi connectivity index (χ4n) is 2.33. The van der Waals surface area contributed by atoms with Gasteiger partial charge in [-0.2, -0.15) is 5.10 Å². The Morgan fingerprint density at radius 2 is 1.85 bits per heavy atom.